The van der Waals surface area contributed by atoms with Gasteiger partial charge in [0.25, 0.3) is 0 Å². The predicted octanol–water partition coefficient (Wildman–Crippen LogP) is 4.86. The number of hydrogen-bond donors (Lipinski definition) is 1. The van der Waals surface area contributed by atoms with Crippen LogP contribution in [0.15, 0.2) is 53.0 Å². The van der Waals surface area contributed by atoms with Gasteiger partial charge in [0, 0.05) is 17.1 Å². The zero-order valence-electron chi connectivity index (χ0n) is 11.5. The van der Waals surface area contributed by atoms with Gasteiger partial charge in [0.2, 0.25) is 0 Å². The second-order valence-electron chi connectivity index (χ2n) is 4.78. The zero-order chi connectivity index (χ0) is 13.7. The average Bonchev–Trinajstić information content (AvgIpc) is 2.45. The topological polar surface area (TPSA) is 12.0 Å². The lowest BCUT2D eigenvalue weighted by Crippen LogP contribution is -2.18. The van der Waals surface area contributed by atoms with Crippen LogP contribution in [0.2, 0.25) is 0 Å². The molecule has 0 unspecified atom stereocenters. The number of benzene rings is 2. The second kappa shape index (κ2) is 6.88. The van der Waals surface area contributed by atoms with Crippen LogP contribution in [0.4, 0.5) is 0 Å². The third kappa shape index (κ3) is 3.92. The first kappa shape index (κ1) is 14.3. The molecule has 0 radical (unpaired) electrons. The van der Waals surface area contributed by atoms with Crippen molar-refractivity contribution in [2.45, 2.75) is 32.9 Å². The zero-order valence-corrected chi connectivity index (χ0v) is 13.1. The highest BCUT2D eigenvalue weighted by Gasteiger charge is 2.06. The Hall–Kier alpha value is -1.12. The van der Waals surface area contributed by atoms with E-state index in [0.29, 0.717) is 6.04 Å². The molecule has 0 fully saturated rings. The highest BCUT2D eigenvalue weighted by atomic mass is 79.9. The lowest BCUT2D eigenvalue weighted by atomic mass is 10.0. The maximum absolute atomic E-state index is 3.60. The van der Waals surface area contributed by atoms with E-state index in [1.54, 1.807) is 0 Å². The maximum atomic E-state index is 3.60. The first-order chi connectivity index (χ1) is 9.20. The third-order valence-electron chi connectivity index (χ3n) is 3.45. The Bertz CT molecular complexity index is 536. The molecule has 19 heavy (non-hydrogen) atoms. The third-order valence-corrected chi connectivity index (χ3v) is 3.94. The van der Waals surface area contributed by atoms with Crippen LogP contribution < -0.4 is 5.32 Å². The maximum Gasteiger partial charge on any atom is 0.0295 e. The van der Waals surface area contributed by atoms with Gasteiger partial charge in [-0.25, -0.2) is 0 Å². The summed E-state index contributed by atoms with van der Waals surface area (Å²) >= 11 is 3.52. The summed E-state index contributed by atoms with van der Waals surface area (Å²) in [6.07, 6.45) is 1.09. The van der Waals surface area contributed by atoms with Crippen LogP contribution in [0.25, 0.3) is 0 Å². The minimum atomic E-state index is 0.349. The normalized spacial score (nSPS) is 12.4. The van der Waals surface area contributed by atoms with E-state index in [-0.39, 0.29) is 0 Å². The van der Waals surface area contributed by atoms with Gasteiger partial charge in [-0.15, -0.1) is 0 Å². The molecule has 0 saturated carbocycles. The molecule has 2 aromatic rings. The molecule has 0 aromatic heterocycles. The molecule has 0 spiro atoms. The Labute approximate surface area is 124 Å². The molecular formula is C17H20BrN. The number of halogens is 1. The van der Waals surface area contributed by atoms with Gasteiger partial charge < -0.3 is 5.32 Å². The quantitative estimate of drug-likeness (QED) is 0.830. The summed E-state index contributed by atoms with van der Waals surface area (Å²) in [6, 6.07) is 17.5. The van der Waals surface area contributed by atoms with Gasteiger partial charge in [-0.05, 0) is 42.2 Å². The summed E-state index contributed by atoms with van der Waals surface area (Å²) in [5.41, 5.74) is 4.13. The number of rotatable bonds is 5. The van der Waals surface area contributed by atoms with Crippen LogP contribution in [0.1, 0.15) is 36.6 Å². The van der Waals surface area contributed by atoms with Crippen molar-refractivity contribution < 1.29 is 0 Å². The summed E-state index contributed by atoms with van der Waals surface area (Å²) in [6.45, 7) is 5.32. The van der Waals surface area contributed by atoms with Crippen LogP contribution in [-0.2, 0) is 13.0 Å². The standard InChI is InChI=1S/C17H20BrN/c1-3-14-7-4-5-8-16(14)12-19-13(2)15-9-6-10-17(18)11-15/h4-11,13,19H,3,12H2,1-2H3/t13-/m0/s1. The first-order valence-electron chi connectivity index (χ1n) is 6.76. The minimum Gasteiger partial charge on any atom is -0.306 e. The largest absolute Gasteiger partial charge is 0.306 e. The van der Waals surface area contributed by atoms with Crippen molar-refractivity contribution in [2.24, 2.45) is 0 Å². The van der Waals surface area contributed by atoms with Gasteiger partial charge in [0.1, 0.15) is 0 Å². The second-order valence-corrected chi connectivity index (χ2v) is 5.70. The Morgan fingerprint density at radius 3 is 2.47 bits per heavy atom. The molecule has 100 valence electrons. The van der Waals surface area contributed by atoms with Gasteiger partial charge in [0.05, 0.1) is 0 Å². The average molecular weight is 318 g/mol. The van der Waals surface area contributed by atoms with Crippen LogP contribution >= 0.6 is 15.9 Å². The van der Waals surface area contributed by atoms with Gasteiger partial charge in [-0.2, -0.15) is 0 Å². The molecule has 1 atom stereocenters. The van der Waals surface area contributed by atoms with Crippen LogP contribution in [0.3, 0.4) is 0 Å². The first-order valence-corrected chi connectivity index (χ1v) is 7.55. The van der Waals surface area contributed by atoms with Crippen molar-refractivity contribution in [3.63, 3.8) is 0 Å². The molecular weight excluding hydrogens is 298 g/mol. The van der Waals surface area contributed by atoms with E-state index in [9.17, 15) is 0 Å². The predicted molar refractivity (Wildman–Crippen MR) is 85.2 cm³/mol. The number of hydrogen-bond acceptors (Lipinski definition) is 1. The number of nitrogens with one attached hydrogen (secondary N) is 1. The number of aryl methyl sites for hydroxylation is 1. The lowest BCUT2D eigenvalue weighted by molar-refractivity contribution is 0.572. The van der Waals surface area contributed by atoms with E-state index in [0.717, 1.165) is 17.4 Å². The van der Waals surface area contributed by atoms with Crippen LogP contribution in [0, 0.1) is 0 Å². The molecule has 0 heterocycles. The Morgan fingerprint density at radius 1 is 1.05 bits per heavy atom. The van der Waals surface area contributed by atoms with E-state index < -0.39 is 0 Å². The molecule has 0 aliphatic rings. The molecule has 2 heteroatoms. The molecule has 0 aliphatic carbocycles. The molecule has 0 amide bonds. The van der Waals surface area contributed by atoms with E-state index in [1.807, 2.05) is 0 Å². The van der Waals surface area contributed by atoms with Gasteiger partial charge in [0.15, 0.2) is 0 Å². The summed E-state index contributed by atoms with van der Waals surface area (Å²) in [7, 11) is 0. The Kier molecular flexibility index (Phi) is 5.17. The monoisotopic (exact) mass is 317 g/mol. The van der Waals surface area contributed by atoms with Crippen molar-refractivity contribution in [1.29, 1.82) is 0 Å². The van der Waals surface area contributed by atoms with Gasteiger partial charge in [-0.1, -0.05) is 59.3 Å². The Balaban J connectivity index is 2.02. The van der Waals surface area contributed by atoms with Gasteiger partial charge >= 0.3 is 0 Å². The fourth-order valence-electron chi connectivity index (χ4n) is 2.23. The lowest BCUT2D eigenvalue weighted by Gasteiger charge is -2.16. The van der Waals surface area contributed by atoms with E-state index in [1.165, 1.54) is 16.7 Å². The summed E-state index contributed by atoms with van der Waals surface area (Å²) < 4.78 is 1.13. The highest BCUT2D eigenvalue weighted by molar-refractivity contribution is 9.10. The molecule has 1 nitrogen and oxygen atoms in total. The highest BCUT2D eigenvalue weighted by Crippen LogP contribution is 2.19. The van der Waals surface area contributed by atoms with Crippen LogP contribution in [0.5, 0.6) is 0 Å². The van der Waals surface area contributed by atoms with E-state index >= 15 is 0 Å². The molecule has 1 N–H and O–H groups in total. The fourth-order valence-corrected chi connectivity index (χ4v) is 2.65. The van der Waals surface area contributed by atoms with Crippen molar-refractivity contribution in [3.05, 3.63) is 69.7 Å². The Morgan fingerprint density at radius 2 is 1.79 bits per heavy atom. The van der Waals surface area contributed by atoms with Crippen molar-refractivity contribution in [3.8, 4) is 0 Å². The molecule has 2 rings (SSSR count). The molecule has 0 saturated heterocycles. The van der Waals surface area contributed by atoms with Crippen molar-refractivity contribution in [1.82, 2.24) is 5.32 Å². The van der Waals surface area contributed by atoms with Crippen molar-refractivity contribution >= 4 is 15.9 Å². The summed E-state index contributed by atoms with van der Waals surface area (Å²) in [4.78, 5) is 0. The SMILES string of the molecule is CCc1ccccc1CN[C@@H](C)c1cccc(Br)c1. The molecule has 0 bridgehead atoms. The van der Waals surface area contributed by atoms with Gasteiger partial charge in [-0.3, -0.25) is 0 Å². The molecule has 0 aliphatic heterocycles. The van der Waals surface area contributed by atoms with E-state index in [4.69, 9.17) is 0 Å². The van der Waals surface area contributed by atoms with E-state index in [2.05, 4.69) is 83.6 Å². The minimum absolute atomic E-state index is 0.349. The smallest absolute Gasteiger partial charge is 0.0295 e. The van der Waals surface area contributed by atoms with Crippen molar-refractivity contribution in [2.75, 3.05) is 0 Å². The summed E-state index contributed by atoms with van der Waals surface area (Å²) in [5, 5.41) is 3.60. The van der Waals surface area contributed by atoms with Crippen LogP contribution in [-0.4, -0.2) is 0 Å². The summed E-state index contributed by atoms with van der Waals surface area (Å²) in [5.74, 6) is 0. The fraction of sp³-hybridized carbons (Fsp3) is 0.294. The molecule has 2 aromatic carbocycles.